The van der Waals surface area contributed by atoms with Gasteiger partial charge in [0.05, 0.1) is 0 Å². The zero-order valence-corrected chi connectivity index (χ0v) is 13.0. The molecule has 1 aliphatic rings. The number of thiophene rings is 1. The molecule has 1 saturated carbocycles. The van der Waals surface area contributed by atoms with Gasteiger partial charge >= 0.3 is 0 Å². The van der Waals surface area contributed by atoms with Gasteiger partial charge in [-0.2, -0.15) is 4.31 Å². The topological polar surface area (TPSA) is 37.4 Å². The van der Waals surface area contributed by atoms with Gasteiger partial charge in [0.25, 0.3) is 10.0 Å². The number of hydrogen-bond acceptors (Lipinski definition) is 3. The highest BCUT2D eigenvalue weighted by molar-refractivity contribution is 7.91. The molecule has 0 atom stereocenters. The van der Waals surface area contributed by atoms with Gasteiger partial charge in [0.15, 0.2) is 0 Å². The largest absolute Gasteiger partial charge is 0.252 e. The second kappa shape index (κ2) is 5.49. The predicted octanol–water partition coefficient (Wildman–Crippen LogP) is 3.30. The molecule has 0 N–H and O–H groups in total. The van der Waals surface area contributed by atoms with Crippen LogP contribution in [0.1, 0.15) is 32.3 Å². The first-order valence-corrected chi connectivity index (χ1v) is 8.95. The summed E-state index contributed by atoms with van der Waals surface area (Å²) in [5.74, 6) is 0.908. The predicted molar refractivity (Wildman–Crippen MR) is 75.6 cm³/mol. The molecule has 0 saturated heterocycles. The van der Waals surface area contributed by atoms with Crippen LogP contribution in [0.15, 0.2) is 15.7 Å². The minimum absolute atomic E-state index is 0.00264. The van der Waals surface area contributed by atoms with Crippen LogP contribution in [-0.2, 0) is 15.9 Å². The van der Waals surface area contributed by atoms with Gasteiger partial charge in [0.1, 0.15) is 4.21 Å². The van der Waals surface area contributed by atoms with Crippen LogP contribution in [0.25, 0.3) is 0 Å². The molecule has 1 aliphatic carbocycles. The molecule has 2 rings (SSSR count). The molecule has 0 aliphatic heterocycles. The molecule has 1 heterocycles. The minimum atomic E-state index is -3.35. The Bertz CT molecular complexity index is 506. The van der Waals surface area contributed by atoms with Crippen molar-refractivity contribution in [3.63, 3.8) is 0 Å². The average Bonchev–Trinajstić information content (AvgIpc) is 2.99. The van der Waals surface area contributed by atoms with Gasteiger partial charge < -0.3 is 0 Å². The highest BCUT2D eigenvalue weighted by Gasteiger charge is 2.34. The van der Waals surface area contributed by atoms with E-state index in [9.17, 15) is 8.42 Å². The third-order valence-electron chi connectivity index (χ3n) is 3.06. The normalized spacial score (nSPS) is 16.7. The fourth-order valence-corrected chi connectivity index (χ4v) is 5.11. The summed E-state index contributed by atoms with van der Waals surface area (Å²) in [6.45, 7) is 4.50. The summed E-state index contributed by atoms with van der Waals surface area (Å²) in [7, 11) is -3.35. The van der Waals surface area contributed by atoms with Crippen molar-refractivity contribution in [2.24, 2.45) is 5.92 Å². The SMILES string of the molecule is CC(C)N(CC1CC1)S(=O)(=O)c1cc(CCl)cs1. The van der Waals surface area contributed by atoms with E-state index < -0.39 is 10.0 Å². The van der Waals surface area contributed by atoms with E-state index in [2.05, 4.69) is 0 Å². The first-order valence-electron chi connectivity index (χ1n) is 6.10. The lowest BCUT2D eigenvalue weighted by Crippen LogP contribution is -2.38. The molecule has 1 aromatic rings. The lowest BCUT2D eigenvalue weighted by atomic mass is 10.3. The van der Waals surface area contributed by atoms with E-state index in [1.54, 1.807) is 10.4 Å². The van der Waals surface area contributed by atoms with E-state index in [1.807, 2.05) is 19.2 Å². The second-order valence-electron chi connectivity index (χ2n) is 5.02. The lowest BCUT2D eigenvalue weighted by Gasteiger charge is -2.25. The zero-order valence-electron chi connectivity index (χ0n) is 10.6. The molecule has 0 bridgehead atoms. The summed E-state index contributed by atoms with van der Waals surface area (Å²) in [4.78, 5) is 0. The Labute approximate surface area is 118 Å². The summed E-state index contributed by atoms with van der Waals surface area (Å²) >= 11 is 6.99. The highest BCUT2D eigenvalue weighted by atomic mass is 35.5. The van der Waals surface area contributed by atoms with Crippen LogP contribution < -0.4 is 0 Å². The summed E-state index contributed by atoms with van der Waals surface area (Å²) in [5.41, 5.74) is 0.871. The monoisotopic (exact) mass is 307 g/mol. The average molecular weight is 308 g/mol. The van der Waals surface area contributed by atoms with Crippen molar-refractivity contribution in [2.75, 3.05) is 6.54 Å². The van der Waals surface area contributed by atoms with Gasteiger partial charge in [-0.25, -0.2) is 8.42 Å². The minimum Gasteiger partial charge on any atom is -0.206 e. The van der Waals surface area contributed by atoms with Gasteiger partial charge in [-0.05, 0) is 49.6 Å². The molecule has 1 fully saturated rings. The van der Waals surface area contributed by atoms with Crippen molar-refractivity contribution in [3.8, 4) is 0 Å². The Morgan fingerprint density at radius 2 is 2.17 bits per heavy atom. The molecule has 0 radical (unpaired) electrons. The van der Waals surface area contributed by atoms with Crippen molar-refractivity contribution in [2.45, 2.75) is 42.8 Å². The van der Waals surface area contributed by atoms with Crippen molar-refractivity contribution in [1.29, 1.82) is 0 Å². The van der Waals surface area contributed by atoms with Crippen LogP contribution in [0.5, 0.6) is 0 Å². The fraction of sp³-hybridized carbons (Fsp3) is 0.667. The molecule has 3 nitrogen and oxygen atoms in total. The quantitative estimate of drug-likeness (QED) is 0.756. The molecular formula is C12H18ClNO2S2. The zero-order chi connectivity index (χ0) is 13.3. The first-order chi connectivity index (χ1) is 8.45. The summed E-state index contributed by atoms with van der Waals surface area (Å²) in [6.07, 6.45) is 2.30. The van der Waals surface area contributed by atoms with E-state index in [0.717, 1.165) is 18.4 Å². The van der Waals surface area contributed by atoms with Crippen LogP contribution in [0, 0.1) is 5.92 Å². The summed E-state index contributed by atoms with van der Waals surface area (Å²) < 4.78 is 27.1. The first kappa shape index (κ1) is 14.3. The Morgan fingerprint density at radius 1 is 1.50 bits per heavy atom. The van der Waals surface area contributed by atoms with Crippen molar-refractivity contribution < 1.29 is 8.42 Å². The van der Waals surface area contributed by atoms with Crippen LogP contribution in [0.4, 0.5) is 0 Å². The summed E-state index contributed by atoms with van der Waals surface area (Å²) in [5, 5.41) is 1.81. The Kier molecular flexibility index (Phi) is 4.36. The molecule has 0 amide bonds. The number of sulfonamides is 1. The molecule has 0 unspecified atom stereocenters. The molecule has 0 aromatic carbocycles. The third kappa shape index (κ3) is 3.07. The van der Waals surface area contributed by atoms with E-state index in [-0.39, 0.29) is 6.04 Å². The lowest BCUT2D eigenvalue weighted by molar-refractivity contribution is 0.342. The van der Waals surface area contributed by atoms with Crippen LogP contribution in [-0.4, -0.2) is 25.3 Å². The second-order valence-corrected chi connectivity index (χ2v) is 8.32. The fourth-order valence-electron chi connectivity index (χ4n) is 1.82. The molecule has 18 heavy (non-hydrogen) atoms. The molecule has 102 valence electrons. The van der Waals surface area contributed by atoms with Gasteiger partial charge in [0, 0.05) is 18.5 Å². The van der Waals surface area contributed by atoms with Gasteiger partial charge in [-0.3, -0.25) is 0 Å². The van der Waals surface area contributed by atoms with Crippen molar-refractivity contribution in [1.82, 2.24) is 4.31 Å². The van der Waals surface area contributed by atoms with Crippen LogP contribution in [0.2, 0.25) is 0 Å². The van der Waals surface area contributed by atoms with Gasteiger partial charge in [-0.15, -0.1) is 22.9 Å². The van der Waals surface area contributed by atoms with E-state index in [1.165, 1.54) is 11.3 Å². The van der Waals surface area contributed by atoms with E-state index >= 15 is 0 Å². The van der Waals surface area contributed by atoms with Gasteiger partial charge in [-0.1, -0.05) is 0 Å². The standard InChI is InChI=1S/C12H18ClNO2S2/c1-9(2)14(7-10-3-4-10)18(15,16)12-5-11(6-13)8-17-12/h5,8-10H,3-4,6-7H2,1-2H3. The van der Waals surface area contributed by atoms with Crippen LogP contribution in [0.3, 0.4) is 0 Å². The van der Waals surface area contributed by atoms with Crippen molar-refractivity contribution in [3.05, 3.63) is 17.0 Å². The number of alkyl halides is 1. The maximum absolute atomic E-state index is 12.6. The van der Waals surface area contributed by atoms with Crippen LogP contribution >= 0.6 is 22.9 Å². The number of hydrogen-bond donors (Lipinski definition) is 0. The third-order valence-corrected chi connectivity index (χ3v) is 6.87. The summed E-state index contributed by atoms with van der Waals surface area (Å²) in [6, 6.07) is 1.69. The molecule has 1 aromatic heterocycles. The maximum atomic E-state index is 12.6. The molecule has 6 heteroatoms. The molecule has 0 spiro atoms. The Hall–Kier alpha value is -0.100. The number of nitrogens with zero attached hydrogens (tertiary/aromatic N) is 1. The van der Waals surface area contributed by atoms with E-state index in [0.29, 0.717) is 22.6 Å². The van der Waals surface area contributed by atoms with Gasteiger partial charge in [0.2, 0.25) is 0 Å². The smallest absolute Gasteiger partial charge is 0.206 e. The van der Waals surface area contributed by atoms with Crippen molar-refractivity contribution >= 4 is 33.0 Å². The highest BCUT2D eigenvalue weighted by Crippen LogP contribution is 2.33. The maximum Gasteiger partial charge on any atom is 0.252 e. The Morgan fingerprint density at radius 3 is 2.61 bits per heavy atom. The number of halogens is 1. The molecular weight excluding hydrogens is 290 g/mol. The number of rotatable bonds is 6. The Balaban J connectivity index is 2.25. The van der Waals surface area contributed by atoms with E-state index in [4.69, 9.17) is 11.6 Å².